The first-order chi connectivity index (χ1) is 10.9. The van der Waals surface area contributed by atoms with Gasteiger partial charge in [0, 0.05) is 0 Å². The van der Waals surface area contributed by atoms with Crippen molar-refractivity contribution in [1.82, 2.24) is 0 Å². The SMILES string of the molecule is COc1cc(C)c(CC=C(C)C=CC=C(C)C=CO)c(C)c1C. The van der Waals surface area contributed by atoms with Crippen molar-refractivity contribution < 1.29 is 9.84 Å². The molecule has 0 bridgehead atoms. The number of aryl methyl sites for hydroxylation is 1. The molecule has 0 aliphatic carbocycles. The summed E-state index contributed by atoms with van der Waals surface area (Å²) in [6.45, 7) is 10.4. The Morgan fingerprint density at radius 3 is 2.39 bits per heavy atom. The van der Waals surface area contributed by atoms with Crippen LogP contribution in [0.15, 0.2) is 53.9 Å². The summed E-state index contributed by atoms with van der Waals surface area (Å²) < 4.78 is 5.43. The molecule has 0 unspecified atom stereocenters. The van der Waals surface area contributed by atoms with E-state index in [9.17, 15) is 0 Å². The summed E-state index contributed by atoms with van der Waals surface area (Å²) in [5.41, 5.74) is 7.37. The van der Waals surface area contributed by atoms with Crippen LogP contribution in [-0.2, 0) is 6.42 Å². The van der Waals surface area contributed by atoms with Gasteiger partial charge in [0.1, 0.15) is 5.75 Å². The fourth-order valence-electron chi connectivity index (χ4n) is 2.48. The quantitative estimate of drug-likeness (QED) is 0.540. The van der Waals surface area contributed by atoms with Crippen molar-refractivity contribution in [2.45, 2.75) is 41.0 Å². The van der Waals surface area contributed by atoms with Gasteiger partial charge in [0.15, 0.2) is 0 Å². The van der Waals surface area contributed by atoms with Crippen LogP contribution in [0.3, 0.4) is 0 Å². The zero-order chi connectivity index (χ0) is 17.4. The predicted octanol–water partition coefficient (Wildman–Crippen LogP) is 5.68. The number of benzene rings is 1. The van der Waals surface area contributed by atoms with Crippen molar-refractivity contribution in [3.63, 3.8) is 0 Å². The molecule has 23 heavy (non-hydrogen) atoms. The first-order valence-electron chi connectivity index (χ1n) is 7.86. The Morgan fingerprint density at radius 1 is 1.09 bits per heavy atom. The molecule has 1 aromatic carbocycles. The molecule has 0 saturated carbocycles. The molecule has 1 aromatic rings. The van der Waals surface area contributed by atoms with E-state index in [1.165, 1.54) is 27.8 Å². The zero-order valence-electron chi connectivity index (χ0n) is 15.1. The van der Waals surface area contributed by atoms with Crippen LogP contribution >= 0.6 is 0 Å². The molecule has 0 aliphatic heterocycles. The highest BCUT2D eigenvalue weighted by atomic mass is 16.5. The van der Waals surface area contributed by atoms with Crippen LogP contribution in [0.1, 0.15) is 36.1 Å². The first-order valence-corrected chi connectivity index (χ1v) is 7.86. The monoisotopic (exact) mass is 312 g/mol. The number of allylic oxidation sites excluding steroid dienone is 7. The minimum Gasteiger partial charge on any atom is -0.516 e. The average Bonchev–Trinajstić information content (AvgIpc) is 2.51. The van der Waals surface area contributed by atoms with E-state index in [0.717, 1.165) is 24.0 Å². The Kier molecular flexibility index (Phi) is 7.40. The second-order valence-electron chi connectivity index (χ2n) is 5.86. The topological polar surface area (TPSA) is 29.5 Å². The van der Waals surface area contributed by atoms with Crippen LogP contribution in [0.2, 0.25) is 0 Å². The Labute approximate surface area is 140 Å². The summed E-state index contributed by atoms with van der Waals surface area (Å²) in [5, 5.41) is 8.70. The Bertz CT molecular complexity index is 659. The third-order valence-corrected chi connectivity index (χ3v) is 4.11. The molecule has 0 atom stereocenters. The molecule has 124 valence electrons. The Hall–Kier alpha value is -2.22. The first kappa shape index (κ1) is 18.8. The van der Waals surface area contributed by atoms with Gasteiger partial charge in [0.2, 0.25) is 0 Å². The van der Waals surface area contributed by atoms with Gasteiger partial charge in [-0.1, -0.05) is 29.9 Å². The van der Waals surface area contributed by atoms with Gasteiger partial charge >= 0.3 is 0 Å². The number of aliphatic hydroxyl groups is 1. The predicted molar refractivity (Wildman–Crippen MR) is 99.3 cm³/mol. The lowest BCUT2D eigenvalue weighted by Crippen LogP contribution is -1.99. The summed E-state index contributed by atoms with van der Waals surface area (Å²) in [5.74, 6) is 0.960. The molecule has 0 saturated heterocycles. The second-order valence-corrected chi connectivity index (χ2v) is 5.86. The smallest absolute Gasteiger partial charge is 0.122 e. The molecule has 0 aliphatic rings. The molecule has 0 heterocycles. The third kappa shape index (κ3) is 5.48. The van der Waals surface area contributed by atoms with Crippen LogP contribution in [0, 0.1) is 20.8 Å². The summed E-state index contributed by atoms with van der Waals surface area (Å²) >= 11 is 0. The molecular formula is C21H28O2. The Morgan fingerprint density at radius 2 is 1.78 bits per heavy atom. The summed E-state index contributed by atoms with van der Waals surface area (Å²) in [6, 6.07) is 2.12. The van der Waals surface area contributed by atoms with E-state index in [1.54, 1.807) is 13.2 Å². The van der Waals surface area contributed by atoms with Gasteiger partial charge in [-0.15, -0.1) is 0 Å². The molecule has 0 spiro atoms. The number of hydrogen-bond acceptors (Lipinski definition) is 2. The minimum absolute atomic E-state index is 0.915. The maximum atomic E-state index is 8.70. The number of hydrogen-bond donors (Lipinski definition) is 1. The van der Waals surface area contributed by atoms with E-state index in [1.807, 2.05) is 19.1 Å². The minimum atomic E-state index is 0.915. The van der Waals surface area contributed by atoms with Gasteiger partial charge in [0.05, 0.1) is 13.4 Å². The number of aliphatic hydroxyl groups excluding tert-OH is 1. The normalized spacial score (nSPS) is 13.3. The fourth-order valence-corrected chi connectivity index (χ4v) is 2.48. The maximum Gasteiger partial charge on any atom is 0.122 e. The molecular weight excluding hydrogens is 284 g/mol. The second kappa shape index (κ2) is 9.04. The van der Waals surface area contributed by atoms with Gasteiger partial charge in [-0.2, -0.15) is 0 Å². The lowest BCUT2D eigenvalue weighted by Gasteiger charge is -2.15. The van der Waals surface area contributed by atoms with Gasteiger partial charge in [-0.25, -0.2) is 0 Å². The van der Waals surface area contributed by atoms with Gasteiger partial charge in [-0.05, 0) is 81.0 Å². The molecule has 2 heteroatoms. The van der Waals surface area contributed by atoms with E-state index in [4.69, 9.17) is 9.84 Å². The zero-order valence-corrected chi connectivity index (χ0v) is 15.1. The van der Waals surface area contributed by atoms with Crippen molar-refractivity contribution in [3.05, 3.63) is 76.1 Å². The standard InChI is InChI=1S/C21H28O2/c1-15(8-7-9-16(2)12-13-22)10-11-20-17(3)14-21(23-6)19(5)18(20)4/h7-10,12-14,22H,11H2,1-6H3. The highest BCUT2D eigenvalue weighted by Gasteiger charge is 2.09. The van der Waals surface area contributed by atoms with Crippen LogP contribution in [0.5, 0.6) is 5.75 Å². The van der Waals surface area contributed by atoms with Crippen LogP contribution in [-0.4, -0.2) is 12.2 Å². The largest absolute Gasteiger partial charge is 0.516 e. The van der Waals surface area contributed by atoms with E-state index in [-0.39, 0.29) is 0 Å². The van der Waals surface area contributed by atoms with Crippen LogP contribution in [0.4, 0.5) is 0 Å². The summed E-state index contributed by atoms with van der Waals surface area (Å²) in [6.07, 6.45) is 11.9. The van der Waals surface area contributed by atoms with E-state index >= 15 is 0 Å². The van der Waals surface area contributed by atoms with E-state index in [2.05, 4.69) is 45.9 Å². The average molecular weight is 312 g/mol. The molecule has 1 N–H and O–H groups in total. The van der Waals surface area contributed by atoms with Crippen molar-refractivity contribution in [3.8, 4) is 5.75 Å². The van der Waals surface area contributed by atoms with Crippen LogP contribution in [0.25, 0.3) is 0 Å². The van der Waals surface area contributed by atoms with Crippen molar-refractivity contribution in [2.75, 3.05) is 7.11 Å². The molecule has 2 nitrogen and oxygen atoms in total. The highest BCUT2D eigenvalue weighted by molar-refractivity contribution is 5.49. The van der Waals surface area contributed by atoms with Gasteiger partial charge in [0.25, 0.3) is 0 Å². The summed E-state index contributed by atoms with van der Waals surface area (Å²) in [4.78, 5) is 0. The van der Waals surface area contributed by atoms with Crippen molar-refractivity contribution >= 4 is 0 Å². The molecule has 0 amide bonds. The third-order valence-electron chi connectivity index (χ3n) is 4.11. The van der Waals surface area contributed by atoms with Gasteiger partial charge < -0.3 is 9.84 Å². The lowest BCUT2D eigenvalue weighted by molar-refractivity contribution is 0.410. The number of methoxy groups -OCH3 is 1. The number of rotatable bonds is 6. The molecule has 0 radical (unpaired) electrons. The lowest BCUT2D eigenvalue weighted by atomic mass is 9.94. The van der Waals surface area contributed by atoms with Crippen LogP contribution < -0.4 is 4.74 Å². The highest BCUT2D eigenvalue weighted by Crippen LogP contribution is 2.28. The van der Waals surface area contributed by atoms with Crippen molar-refractivity contribution in [1.29, 1.82) is 0 Å². The van der Waals surface area contributed by atoms with E-state index < -0.39 is 0 Å². The molecule has 1 rings (SSSR count). The Balaban J connectivity index is 2.91. The summed E-state index contributed by atoms with van der Waals surface area (Å²) in [7, 11) is 1.72. The maximum absolute atomic E-state index is 8.70. The molecule has 0 fully saturated rings. The number of ether oxygens (including phenoxy) is 1. The molecule has 0 aromatic heterocycles. The fraction of sp³-hybridized carbons (Fsp3) is 0.333. The van der Waals surface area contributed by atoms with E-state index in [0.29, 0.717) is 0 Å². The van der Waals surface area contributed by atoms with Gasteiger partial charge in [-0.3, -0.25) is 0 Å². The van der Waals surface area contributed by atoms with Crippen molar-refractivity contribution in [2.24, 2.45) is 0 Å².